The van der Waals surface area contributed by atoms with E-state index in [0.29, 0.717) is 6.54 Å². The highest BCUT2D eigenvalue weighted by atomic mass is 16.4. The molecule has 3 amide bonds. The molecule has 0 aromatic heterocycles. The molecule has 0 aromatic rings. The van der Waals surface area contributed by atoms with E-state index in [4.69, 9.17) is 10.4 Å². The number of rotatable bonds is 4. The number of aliphatic carboxylic acids is 1. The van der Waals surface area contributed by atoms with Gasteiger partial charge in [-0.15, -0.1) is 0 Å². The Morgan fingerprint density at radius 2 is 2.30 bits per heavy atom. The van der Waals surface area contributed by atoms with Gasteiger partial charge in [-0.05, 0) is 6.92 Å². The molecule has 0 radical (unpaired) electrons. The molecule has 1 heterocycles. The smallest absolute Gasteiger partial charge is 0.320 e. The first kappa shape index (κ1) is 15.8. The summed E-state index contributed by atoms with van der Waals surface area (Å²) < 4.78 is 0. The second kappa shape index (κ2) is 6.75. The third kappa shape index (κ3) is 3.85. The highest BCUT2D eigenvalue weighted by Gasteiger charge is 2.36. The number of piperazine rings is 1. The molecule has 1 aliphatic heterocycles. The molecule has 1 aliphatic rings. The van der Waals surface area contributed by atoms with E-state index in [1.807, 2.05) is 6.07 Å². The topological polar surface area (TPSA) is 114 Å². The monoisotopic (exact) mass is 282 g/mol. The fourth-order valence-corrected chi connectivity index (χ4v) is 2.06. The number of nitrogens with one attached hydrogen (secondary N) is 1. The van der Waals surface area contributed by atoms with E-state index in [1.165, 1.54) is 16.8 Å². The zero-order valence-electron chi connectivity index (χ0n) is 11.5. The summed E-state index contributed by atoms with van der Waals surface area (Å²) in [7, 11) is 1.53. The first-order chi connectivity index (χ1) is 9.36. The lowest BCUT2D eigenvalue weighted by Crippen LogP contribution is -2.60. The number of hydrogen-bond acceptors (Lipinski definition) is 4. The molecule has 0 bridgehead atoms. The second-order valence-corrected chi connectivity index (χ2v) is 4.79. The summed E-state index contributed by atoms with van der Waals surface area (Å²) >= 11 is 0. The molecule has 20 heavy (non-hydrogen) atoms. The summed E-state index contributed by atoms with van der Waals surface area (Å²) in [5.41, 5.74) is 0. The lowest BCUT2D eigenvalue weighted by atomic mass is 10.1. The van der Waals surface area contributed by atoms with E-state index >= 15 is 0 Å². The summed E-state index contributed by atoms with van der Waals surface area (Å²) in [6, 6.07) is 0.577. The van der Waals surface area contributed by atoms with Crippen LogP contribution in [-0.4, -0.2) is 65.5 Å². The SMILES string of the molecule is CC(C#N)CN(C)C(=O)N1CCNC(=O)C1CC(=O)O. The van der Waals surface area contributed by atoms with Crippen LogP contribution in [0, 0.1) is 17.2 Å². The van der Waals surface area contributed by atoms with Crippen molar-refractivity contribution in [2.75, 3.05) is 26.7 Å². The van der Waals surface area contributed by atoms with Crippen molar-refractivity contribution in [3.63, 3.8) is 0 Å². The quantitative estimate of drug-likeness (QED) is 0.719. The molecule has 2 unspecified atom stereocenters. The Kier molecular flexibility index (Phi) is 5.32. The lowest BCUT2D eigenvalue weighted by molar-refractivity contribution is -0.142. The summed E-state index contributed by atoms with van der Waals surface area (Å²) in [5, 5.41) is 20.1. The molecule has 1 fully saturated rings. The van der Waals surface area contributed by atoms with Crippen molar-refractivity contribution in [1.82, 2.24) is 15.1 Å². The number of nitrogens with zero attached hydrogens (tertiary/aromatic N) is 3. The van der Waals surface area contributed by atoms with Crippen molar-refractivity contribution in [1.29, 1.82) is 5.26 Å². The van der Waals surface area contributed by atoms with Crippen LogP contribution in [0.3, 0.4) is 0 Å². The van der Waals surface area contributed by atoms with Crippen LogP contribution in [0.1, 0.15) is 13.3 Å². The number of carboxylic acids is 1. The summed E-state index contributed by atoms with van der Waals surface area (Å²) in [6.45, 7) is 2.46. The van der Waals surface area contributed by atoms with E-state index < -0.39 is 30.4 Å². The molecule has 0 spiro atoms. The van der Waals surface area contributed by atoms with Gasteiger partial charge < -0.3 is 20.2 Å². The first-order valence-electron chi connectivity index (χ1n) is 6.27. The zero-order valence-corrected chi connectivity index (χ0v) is 11.5. The number of carboxylic acid groups (broad SMARTS) is 1. The van der Waals surface area contributed by atoms with Crippen molar-refractivity contribution in [2.24, 2.45) is 5.92 Å². The molecule has 0 saturated carbocycles. The molecular formula is C12H18N4O4. The maximum Gasteiger partial charge on any atom is 0.320 e. The van der Waals surface area contributed by atoms with E-state index in [2.05, 4.69) is 5.32 Å². The molecule has 0 aromatic carbocycles. The zero-order chi connectivity index (χ0) is 15.3. The van der Waals surface area contributed by atoms with Crippen molar-refractivity contribution < 1.29 is 19.5 Å². The maximum absolute atomic E-state index is 12.3. The third-order valence-electron chi connectivity index (χ3n) is 3.04. The average Bonchev–Trinajstić information content (AvgIpc) is 2.39. The summed E-state index contributed by atoms with van der Waals surface area (Å²) in [4.78, 5) is 37.3. The van der Waals surface area contributed by atoms with E-state index in [1.54, 1.807) is 6.92 Å². The first-order valence-corrected chi connectivity index (χ1v) is 6.27. The Morgan fingerprint density at radius 1 is 1.65 bits per heavy atom. The van der Waals surface area contributed by atoms with Gasteiger partial charge in [0.05, 0.1) is 18.4 Å². The highest BCUT2D eigenvalue weighted by molar-refractivity contribution is 5.91. The number of urea groups is 1. The molecule has 2 N–H and O–H groups in total. The van der Waals surface area contributed by atoms with Crippen molar-refractivity contribution >= 4 is 17.9 Å². The van der Waals surface area contributed by atoms with Crippen molar-refractivity contribution in [3.8, 4) is 6.07 Å². The van der Waals surface area contributed by atoms with Gasteiger partial charge in [0.1, 0.15) is 6.04 Å². The number of carbonyl (C=O) groups is 3. The molecule has 110 valence electrons. The summed E-state index contributed by atoms with van der Waals surface area (Å²) in [6.07, 6.45) is -0.431. The largest absolute Gasteiger partial charge is 0.481 e. The minimum Gasteiger partial charge on any atom is -0.481 e. The van der Waals surface area contributed by atoms with Gasteiger partial charge >= 0.3 is 12.0 Å². The molecule has 0 aliphatic carbocycles. The molecule has 2 atom stereocenters. The van der Waals surface area contributed by atoms with Crippen LogP contribution < -0.4 is 5.32 Å². The maximum atomic E-state index is 12.3. The van der Waals surface area contributed by atoms with Crippen LogP contribution in [-0.2, 0) is 9.59 Å². The van der Waals surface area contributed by atoms with Crippen LogP contribution in [0.25, 0.3) is 0 Å². The Morgan fingerprint density at radius 3 is 2.85 bits per heavy atom. The highest BCUT2D eigenvalue weighted by Crippen LogP contribution is 2.12. The third-order valence-corrected chi connectivity index (χ3v) is 3.04. The number of hydrogen-bond donors (Lipinski definition) is 2. The van der Waals surface area contributed by atoms with Crippen LogP contribution in [0.2, 0.25) is 0 Å². The molecule has 1 rings (SSSR count). The van der Waals surface area contributed by atoms with Gasteiger partial charge in [-0.3, -0.25) is 9.59 Å². The van der Waals surface area contributed by atoms with Gasteiger partial charge in [0.2, 0.25) is 5.91 Å². The standard InChI is InChI=1S/C12H18N4O4/c1-8(6-13)7-15(2)12(20)16-4-3-14-11(19)9(16)5-10(17)18/h8-9H,3-5,7H2,1-2H3,(H,14,19)(H,17,18). The van der Waals surface area contributed by atoms with Gasteiger partial charge in [-0.25, -0.2) is 4.79 Å². The Hall–Kier alpha value is -2.30. The second-order valence-electron chi connectivity index (χ2n) is 4.79. The normalized spacial score (nSPS) is 19.8. The predicted octanol–water partition coefficient (Wildman–Crippen LogP) is -0.527. The molecule has 1 saturated heterocycles. The van der Waals surface area contributed by atoms with E-state index in [9.17, 15) is 14.4 Å². The van der Waals surface area contributed by atoms with Gasteiger partial charge in [-0.2, -0.15) is 5.26 Å². The van der Waals surface area contributed by atoms with E-state index in [-0.39, 0.29) is 19.0 Å². The fraction of sp³-hybridized carbons (Fsp3) is 0.667. The Labute approximate surface area is 116 Å². The minimum absolute atomic E-state index is 0.229. The number of amides is 3. The lowest BCUT2D eigenvalue weighted by Gasteiger charge is -2.36. The molecule has 8 nitrogen and oxygen atoms in total. The van der Waals surface area contributed by atoms with Gasteiger partial charge in [-0.1, -0.05) is 0 Å². The van der Waals surface area contributed by atoms with E-state index in [0.717, 1.165) is 0 Å². The Balaban J connectivity index is 2.79. The number of carbonyl (C=O) groups excluding carboxylic acids is 2. The van der Waals surface area contributed by atoms with Gasteiger partial charge in [0.15, 0.2) is 0 Å². The predicted molar refractivity (Wildman–Crippen MR) is 68.6 cm³/mol. The van der Waals surface area contributed by atoms with Gasteiger partial charge in [0.25, 0.3) is 0 Å². The molecular weight excluding hydrogens is 264 g/mol. The van der Waals surface area contributed by atoms with Crippen molar-refractivity contribution in [3.05, 3.63) is 0 Å². The fourth-order valence-electron chi connectivity index (χ4n) is 2.06. The molecule has 8 heteroatoms. The average molecular weight is 282 g/mol. The van der Waals surface area contributed by atoms with Crippen LogP contribution in [0.15, 0.2) is 0 Å². The number of nitriles is 1. The van der Waals surface area contributed by atoms with Crippen LogP contribution in [0.4, 0.5) is 4.79 Å². The minimum atomic E-state index is -1.14. The van der Waals surface area contributed by atoms with Crippen LogP contribution >= 0.6 is 0 Å². The summed E-state index contributed by atoms with van der Waals surface area (Å²) in [5.74, 6) is -1.94. The van der Waals surface area contributed by atoms with Crippen LogP contribution in [0.5, 0.6) is 0 Å². The van der Waals surface area contributed by atoms with Gasteiger partial charge in [0, 0.05) is 26.7 Å². The Bertz CT molecular complexity index is 445. The van der Waals surface area contributed by atoms with Crippen molar-refractivity contribution in [2.45, 2.75) is 19.4 Å².